The van der Waals surface area contributed by atoms with E-state index in [1.165, 1.54) is 4.57 Å². The van der Waals surface area contributed by atoms with Crippen LogP contribution in [-0.2, 0) is 6.54 Å². The molecule has 0 amide bonds. The zero-order valence-electron chi connectivity index (χ0n) is 19.1. The molecular weight excluding hydrogens is 431 g/mol. The second kappa shape index (κ2) is 11.6. The van der Waals surface area contributed by atoms with Crippen LogP contribution in [0.4, 0.5) is 10.3 Å². The molecule has 6 nitrogen and oxygen atoms in total. The van der Waals surface area contributed by atoms with Gasteiger partial charge in [-0.1, -0.05) is 42.0 Å². The zero-order chi connectivity index (χ0) is 23.8. The highest BCUT2D eigenvalue weighted by Crippen LogP contribution is 2.20. The molecule has 8 heteroatoms. The van der Waals surface area contributed by atoms with Crippen LogP contribution in [0, 0.1) is 0 Å². The Bertz CT molecular complexity index is 1130. The quantitative estimate of drug-likeness (QED) is 0.392. The summed E-state index contributed by atoms with van der Waals surface area (Å²) in [6.07, 6.45) is 6.57. The number of halogens is 2. The van der Waals surface area contributed by atoms with Crippen molar-refractivity contribution in [3.8, 4) is 0 Å². The van der Waals surface area contributed by atoms with Gasteiger partial charge in [0.25, 0.3) is 0 Å². The Balaban J connectivity index is 2.58. The fourth-order valence-electron chi connectivity index (χ4n) is 3.23. The molecule has 0 radical (unpaired) electrons. The molecule has 1 atom stereocenters. The number of allylic oxidation sites excluding steroid dienone is 5. The summed E-state index contributed by atoms with van der Waals surface area (Å²) < 4.78 is 15.5. The lowest BCUT2D eigenvalue weighted by atomic mass is 10.1. The molecule has 2 aromatic rings. The summed E-state index contributed by atoms with van der Waals surface area (Å²) >= 11 is 5.98. The van der Waals surface area contributed by atoms with Crippen LogP contribution in [0.3, 0.4) is 0 Å². The molecule has 0 aliphatic carbocycles. The van der Waals surface area contributed by atoms with E-state index in [0.29, 0.717) is 23.3 Å². The Labute approximate surface area is 192 Å². The molecule has 32 heavy (non-hydrogen) atoms. The van der Waals surface area contributed by atoms with Crippen molar-refractivity contribution in [1.82, 2.24) is 14.1 Å². The van der Waals surface area contributed by atoms with Crippen LogP contribution in [0.25, 0.3) is 0 Å². The van der Waals surface area contributed by atoms with Crippen LogP contribution in [0.15, 0.2) is 69.6 Å². The summed E-state index contributed by atoms with van der Waals surface area (Å²) in [5, 5.41) is 3.80. The predicted octanol–water partition coefficient (Wildman–Crippen LogP) is 5.58. The summed E-state index contributed by atoms with van der Waals surface area (Å²) in [7, 11) is 0. The molecule has 0 saturated heterocycles. The lowest BCUT2D eigenvalue weighted by molar-refractivity contribution is 0.492. The van der Waals surface area contributed by atoms with Gasteiger partial charge in [-0.25, -0.2) is 18.5 Å². The first kappa shape index (κ1) is 25.3. The van der Waals surface area contributed by atoms with Gasteiger partial charge in [0, 0.05) is 11.1 Å². The molecule has 0 saturated carbocycles. The Kier molecular flexibility index (Phi) is 9.20. The summed E-state index contributed by atoms with van der Waals surface area (Å²) in [6.45, 7) is 9.11. The number of hydrogen-bond donors (Lipinski definition) is 1. The van der Waals surface area contributed by atoms with E-state index < -0.39 is 11.4 Å². The van der Waals surface area contributed by atoms with Gasteiger partial charge in [-0.3, -0.25) is 4.57 Å². The molecule has 0 fully saturated rings. The smallest absolute Gasteiger partial charge is 0.349 e. The number of nitrogens with one attached hydrogen (secondary N) is 1. The first-order valence-electron chi connectivity index (χ1n) is 10.5. The molecule has 0 aliphatic heterocycles. The summed E-state index contributed by atoms with van der Waals surface area (Å²) in [5.74, 6) is 0.160. The predicted molar refractivity (Wildman–Crippen MR) is 129 cm³/mol. The standard InChI is InChI=1S/C24H30ClFN4O2/c1-6-7-8-19(13-17(4)14-26)15-29-22(28-23(31)30(16(2)3)24(29)32)27-18(5)20-9-11-21(25)12-10-20/h6-7,9-14,16,18H,8,15H2,1-5H3,(H,27,28,31). The van der Waals surface area contributed by atoms with E-state index in [2.05, 4.69) is 10.3 Å². The van der Waals surface area contributed by atoms with Crippen LogP contribution >= 0.6 is 11.6 Å². The minimum atomic E-state index is -0.620. The minimum Gasteiger partial charge on any atom is -0.349 e. The number of aromatic nitrogens is 3. The monoisotopic (exact) mass is 460 g/mol. The Morgan fingerprint density at radius 1 is 1.22 bits per heavy atom. The SMILES string of the molecule is CC=CCC(=CC(C)=CF)Cn1c(NC(C)c2ccc(Cl)cc2)nc(=O)n(C(C)C)c1=O. The molecule has 0 aliphatic rings. The van der Waals surface area contributed by atoms with Gasteiger partial charge in [0.05, 0.1) is 18.9 Å². The molecule has 0 spiro atoms. The fourth-order valence-corrected chi connectivity index (χ4v) is 3.35. The van der Waals surface area contributed by atoms with E-state index in [4.69, 9.17) is 11.6 Å². The summed E-state index contributed by atoms with van der Waals surface area (Å²) in [4.78, 5) is 30.0. The van der Waals surface area contributed by atoms with Gasteiger partial charge in [-0.2, -0.15) is 4.98 Å². The van der Waals surface area contributed by atoms with E-state index in [1.54, 1.807) is 39.0 Å². The van der Waals surface area contributed by atoms with Gasteiger partial charge >= 0.3 is 11.4 Å². The highest BCUT2D eigenvalue weighted by molar-refractivity contribution is 6.30. The Morgan fingerprint density at radius 2 is 1.88 bits per heavy atom. The highest BCUT2D eigenvalue weighted by Gasteiger charge is 2.18. The van der Waals surface area contributed by atoms with E-state index in [9.17, 15) is 14.0 Å². The first-order valence-corrected chi connectivity index (χ1v) is 10.9. The van der Waals surface area contributed by atoms with Crippen LogP contribution in [0.1, 0.15) is 58.7 Å². The molecular formula is C24H30ClFN4O2. The largest absolute Gasteiger partial charge is 0.355 e. The molecule has 1 aromatic carbocycles. The van der Waals surface area contributed by atoms with Crippen molar-refractivity contribution in [3.05, 3.63) is 91.5 Å². The van der Waals surface area contributed by atoms with Gasteiger partial charge < -0.3 is 5.32 Å². The van der Waals surface area contributed by atoms with Crippen molar-refractivity contribution >= 4 is 17.5 Å². The first-order chi connectivity index (χ1) is 15.2. The third-order valence-electron chi connectivity index (χ3n) is 4.91. The molecule has 172 valence electrons. The number of anilines is 1. The minimum absolute atomic E-state index is 0.157. The highest BCUT2D eigenvalue weighted by atomic mass is 35.5. The van der Waals surface area contributed by atoms with E-state index in [1.807, 2.05) is 38.1 Å². The maximum Gasteiger partial charge on any atom is 0.355 e. The molecule has 1 unspecified atom stereocenters. The maximum absolute atomic E-state index is 13.3. The average Bonchev–Trinajstić information content (AvgIpc) is 2.74. The number of nitrogens with zero attached hydrogens (tertiary/aromatic N) is 3. The van der Waals surface area contributed by atoms with Crippen molar-refractivity contribution in [1.29, 1.82) is 0 Å². The van der Waals surface area contributed by atoms with Gasteiger partial charge in [0.1, 0.15) is 0 Å². The third-order valence-corrected chi connectivity index (χ3v) is 5.17. The lowest BCUT2D eigenvalue weighted by Crippen LogP contribution is -2.44. The second-order valence-corrected chi connectivity index (χ2v) is 8.33. The van der Waals surface area contributed by atoms with Crippen molar-refractivity contribution in [2.24, 2.45) is 0 Å². The van der Waals surface area contributed by atoms with Crippen LogP contribution in [0.5, 0.6) is 0 Å². The van der Waals surface area contributed by atoms with Crippen molar-refractivity contribution < 1.29 is 4.39 Å². The van der Waals surface area contributed by atoms with Gasteiger partial charge in [0.15, 0.2) is 0 Å². The normalized spacial score (nSPS) is 13.8. The van der Waals surface area contributed by atoms with Crippen molar-refractivity contribution in [2.75, 3.05) is 5.32 Å². The Morgan fingerprint density at radius 3 is 2.44 bits per heavy atom. The Hall–Kier alpha value is -2.93. The number of rotatable bonds is 9. The third kappa shape index (κ3) is 6.53. The van der Waals surface area contributed by atoms with E-state index >= 15 is 0 Å². The molecule has 1 aromatic heterocycles. The molecule has 1 heterocycles. The van der Waals surface area contributed by atoms with Crippen LogP contribution in [0.2, 0.25) is 5.02 Å². The van der Waals surface area contributed by atoms with Crippen LogP contribution in [-0.4, -0.2) is 14.1 Å². The van der Waals surface area contributed by atoms with E-state index in [-0.39, 0.29) is 24.6 Å². The molecule has 1 N–H and O–H groups in total. The second-order valence-electron chi connectivity index (χ2n) is 7.90. The van der Waals surface area contributed by atoms with Crippen molar-refractivity contribution in [3.63, 3.8) is 0 Å². The van der Waals surface area contributed by atoms with Crippen LogP contribution < -0.4 is 16.7 Å². The maximum atomic E-state index is 13.3. The van der Waals surface area contributed by atoms with Gasteiger partial charge in [-0.15, -0.1) is 0 Å². The van der Waals surface area contributed by atoms with E-state index in [0.717, 1.165) is 15.7 Å². The zero-order valence-corrected chi connectivity index (χ0v) is 19.9. The molecule has 2 rings (SSSR count). The lowest BCUT2D eigenvalue weighted by Gasteiger charge is -2.21. The van der Waals surface area contributed by atoms with Crippen molar-refractivity contribution in [2.45, 2.75) is 59.7 Å². The molecule has 0 bridgehead atoms. The number of benzene rings is 1. The summed E-state index contributed by atoms with van der Waals surface area (Å²) in [5.41, 5.74) is 1.07. The topological polar surface area (TPSA) is 68.9 Å². The number of hydrogen-bond acceptors (Lipinski definition) is 4. The van der Waals surface area contributed by atoms with Gasteiger partial charge in [0.2, 0.25) is 5.95 Å². The average molecular weight is 461 g/mol. The fraction of sp³-hybridized carbons (Fsp3) is 0.375. The van der Waals surface area contributed by atoms with Gasteiger partial charge in [-0.05, 0) is 69.9 Å². The summed E-state index contributed by atoms with van der Waals surface area (Å²) in [6, 6.07) is 6.68.